The van der Waals surface area contributed by atoms with Crippen molar-refractivity contribution >= 4 is 11.0 Å². The fourth-order valence-electron chi connectivity index (χ4n) is 2.14. The highest BCUT2D eigenvalue weighted by Gasteiger charge is 2.09. The Morgan fingerprint density at radius 3 is 2.89 bits per heavy atom. The Kier molecular flexibility index (Phi) is 4.93. The maximum atomic E-state index is 5.29. The largest absolute Gasteiger partial charge is 0.380 e. The molecule has 1 heterocycles. The van der Waals surface area contributed by atoms with Crippen LogP contribution in [0.5, 0.6) is 0 Å². The van der Waals surface area contributed by atoms with Crippen LogP contribution in [0.4, 0.5) is 0 Å². The fraction of sp³-hybridized carbons (Fsp3) is 0.533. The van der Waals surface area contributed by atoms with Gasteiger partial charge in [0.15, 0.2) is 0 Å². The Hall–Kier alpha value is -1.39. The van der Waals surface area contributed by atoms with Crippen LogP contribution in [-0.4, -0.2) is 35.4 Å². The minimum atomic E-state index is 0.245. The minimum Gasteiger partial charge on any atom is -0.380 e. The highest BCUT2D eigenvalue weighted by Crippen LogP contribution is 2.11. The van der Waals surface area contributed by atoms with E-state index in [1.54, 1.807) is 7.11 Å². The van der Waals surface area contributed by atoms with E-state index in [-0.39, 0.29) is 6.10 Å². The Morgan fingerprint density at radius 1 is 1.32 bits per heavy atom. The number of nitrogens with one attached hydrogen (secondary N) is 1. The minimum absolute atomic E-state index is 0.245. The van der Waals surface area contributed by atoms with Crippen LogP contribution in [0.25, 0.3) is 11.0 Å². The molecule has 0 radical (unpaired) electrons. The SMILES string of the molecule is COC(C)C(C)NCCCn1cnc2ccccc21. The Labute approximate surface area is 114 Å². The predicted octanol–water partition coefficient (Wildman–Crippen LogP) is 2.44. The van der Waals surface area contributed by atoms with Crippen LogP contribution in [0.3, 0.4) is 0 Å². The number of hydrogen-bond acceptors (Lipinski definition) is 3. The van der Waals surface area contributed by atoms with Crippen molar-refractivity contribution in [1.29, 1.82) is 0 Å². The van der Waals surface area contributed by atoms with Gasteiger partial charge in [0.05, 0.1) is 23.5 Å². The number of hydrogen-bond donors (Lipinski definition) is 1. The van der Waals surface area contributed by atoms with Crippen molar-refractivity contribution in [3.63, 3.8) is 0 Å². The maximum Gasteiger partial charge on any atom is 0.0958 e. The van der Waals surface area contributed by atoms with Crippen molar-refractivity contribution in [2.75, 3.05) is 13.7 Å². The first kappa shape index (κ1) is 14.0. The predicted molar refractivity (Wildman–Crippen MR) is 78.3 cm³/mol. The summed E-state index contributed by atoms with van der Waals surface area (Å²) in [6.45, 7) is 6.21. The number of ether oxygens (including phenoxy) is 1. The Morgan fingerprint density at radius 2 is 2.11 bits per heavy atom. The van der Waals surface area contributed by atoms with Gasteiger partial charge in [-0.15, -0.1) is 0 Å². The second-order valence-electron chi connectivity index (χ2n) is 4.96. The van der Waals surface area contributed by atoms with Gasteiger partial charge in [0.25, 0.3) is 0 Å². The van der Waals surface area contributed by atoms with Crippen molar-refractivity contribution in [1.82, 2.24) is 14.9 Å². The molecule has 1 N–H and O–H groups in total. The fourth-order valence-corrected chi connectivity index (χ4v) is 2.14. The number of aromatic nitrogens is 2. The summed E-state index contributed by atoms with van der Waals surface area (Å²) < 4.78 is 7.50. The van der Waals surface area contributed by atoms with E-state index in [0.717, 1.165) is 25.0 Å². The molecule has 0 aliphatic carbocycles. The zero-order valence-corrected chi connectivity index (χ0v) is 12.0. The molecule has 2 unspecified atom stereocenters. The molecule has 1 aromatic heterocycles. The number of fused-ring (bicyclic) bond motifs is 1. The zero-order chi connectivity index (χ0) is 13.7. The normalized spacial score (nSPS) is 14.7. The Bertz CT molecular complexity index is 509. The van der Waals surface area contributed by atoms with Gasteiger partial charge in [-0.3, -0.25) is 0 Å². The van der Waals surface area contributed by atoms with E-state index >= 15 is 0 Å². The molecule has 0 aliphatic heterocycles. The van der Waals surface area contributed by atoms with Crippen LogP contribution < -0.4 is 5.32 Å². The van der Waals surface area contributed by atoms with Gasteiger partial charge in [-0.1, -0.05) is 12.1 Å². The molecule has 0 saturated heterocycles. The van der Waals surface area contributed by atoms with E-state index in [0.29, 0.717) is 6.04 Å². The Balaban J connectivity index is 1.80. The lowest BCUT2D eigenvalue weighted by molar-refractivity contribution is 0.0887. The molecule has 19 heavy (non-hydrogen) atoms. The van der Waals surface area contributed by atoms with Gasteiger partial charge in [0, 0.05) is 19.7 Å². The van der Waals surface area contributed by atoms with Crippen molar-refractivity contribution in [3.8, 4) is 0 Å². The van der Waals surface area contributed by atoms with Gasteiger partial charge < -0.3 is 14.6 Å². The molecular weight excluding hydrogens is 238 g/mol. The molecule has 4 nitrogen and oxygen atoms in total. The molecule has 0 saturated carbocycles. The highest BCUT2D eigenvalue weighted by atomic mass is 16.5. The van der Waals surface area contributed by atoms with E-state index in [2.05, 4.69) is 40.8 Å². The van der Waals surface area contributed by atoms with Crippen molar-refractivity contribution < 1.29 is 4.74 Å². The number of imidazole rings is 1. The summed E-state index contributed by atoms with van der Waals surface area (Å²) in [5, 5.41) is 3.49. The van der Waals surface area contributed by atoms with Crippen LogP contribution in [0, 0.1) is 0 Å². The second-order valence-corrected chi connectivity index (χ2v) is 4.96. The lowest BCUT2D eigenvalue weighted by atomic mass is 10.2. The van der Waals surface area contributed by atoms with Crippen molar-refractivity contribution in [2.24, 2.45) is 0 Å². The molecule has 2 atom stereocenters. The van der Waals surface area contributed by atoms with Crippen LogP contribution in [0.15, 0.2) is 30.6 Å². The average molecular weight is 261 g/mol. The number of methoxy groups -OCH3 is 1. The van der Waals surface area contributed by atoms with Crippen molar-refractivity contribution in [2.45, 2.75) is 39.0 Å². The summed E-state index contributed by atoms with van der Waals surface area (Å²) >= 11 is 0. The molecular formula is C15H23N3O. The average Bonchev–Trinajstić information content (AvgIpc) is 2.86. The third-order valence-electron chi connectivity index (χ3n) is 3.65. The monoisotopic (exact) mass is 261 g/mol. The standard InChI is InChI=1S/C15H23N3O/c1-12(13(2)19-3)16-9-6-10-18-11-17-14-7-4-5-8-15(14)18/h4-5,7-8,11-13,16H,6,9-10H2,1-3H3. The second kappa shape index (κ2) is 6.68. The third-order valence-corrected chi connectivity index (χ3v) is 3.65. The van der Waals surface area contributed by atoms with Gasteiger partial charge in [-0.25, -0.2) is 4.98 Å². The first-order chi connectivity index (χ1) is 9.22. The lowest BCUT2D eigenvalue weighted by Crippen LogP contribution is -2.37. The van der Waals surface area contributed by atoms with E-state index < -0.39 is 0 Å². The van der Waals surface area contributed by atoms with Crippen LogP contribution in [-0.2, 0) is 11.3 Å². The zero-order valence-electron chi connectivity index (χ0n) is 12.0. The van der Waals surface area contributed by atoms with E-state index in [1.807, 2.05) is 18.5 Å². The van der Waals surface area contributed by atoms with E-state index in [9.17, 15) is 0 Å². The smallest absolute Gasteiger partial charge is 0.0958 e. The number of para-hydroxylation sites is 2. The number of aryl methyl sites for hydroxylation is 1. The molecule has 0 amide bonds. The van der Waals surface area contributed by atoms with E-state index in [1.165, 1.54) is 5.52 Å². The number of nitrogens with zero attached hydrogens (tertiary/aromatic N) is 2. The summed E-state index contributed by atoms with van der Waals surface area (Å²) in [4.78, 5) is 4.40. The van der Waals surface area contributed by atoms with Crippen molar-refractivity contribution in [3.05, 3.63) is 30.6 Å². The van der Waals surface area contributed by atoms with E-state index in [4.69, 9.17) is 4.74 Å². The quantitative estimate of drug-likeness (QED) is 0.778. The molecule has 0 bridgehead atoms. The van der Waals surface area contributed by atoms with Gasteiger partial charge in [0.2, 0.25) is 0 Å². The van der Waals surface area contributed by atoms with Crippen LogP contribution >= 0.6 is 0 Å². The van der Waals surface area contributed by atoms with Gasteiger partial charge in [-0.2, -0.15) is 0 Å². The summed E-state index contributed by atoms with van der Waals surface area (Å²) in [6, 6.07) is 8.62. The van der Waals surface area contributed by atoms with Gasteiger partial charge in [-0.05, 0) is 38.9 Å². The van der Waals surface area contributed by atoms with Crippen LogP contribution in [0.1, 0.15) is 20.3 Å². The number of rotatable bonds is 7. The molecule has 2 aromatic rings. The highest BCUT2D eigenvalue weighted by molar-refractivity contribution is 5.74. The van der Waals surface area contributed by atoms with Gasteiger partial charge in [0.1, 0.15) is 0 Å². The molecule has 1 aromatic carbocycles. The molecule has 104 valence electrons. The molecule has 4 heteroatoms. The topological polar surface area (TPSA) is 39.1 Å². The van der Waals surface area contributed by atoms with Gasteiger partial charge >= 0.3 is 0 Å². The maximum absolute atomic E-state index is 5.29. The summed E-state index contributed by atoms with van der Waals surface area (Å²) in [5.41, 5.74) is 2.28. The third kappa shape index (κ3) is 3.55. The first-order valence-electron chi connectivity index (χ1n) is 6.88. The van der Waals surface area contributed by atoms with Crippen LogP contribution in [0.2, 0.25) is 0 Å². The molecule has 0 spiro atoms. The summed E-state index contributed by atoms with van der Waals surface area (Å²) in [6.07, 6.45) is 3.25. The molecule has 0 aliphatic rings. The lowest BCUT2D eigenvalue weighted by Gasteiger charge is -2.19. The summed E-state index contributed by atoms with van der Waals surface area (Å²) in [5.74, 6) is 0. The molecule has 2 rings (SSSR count). The first-order valence-corrected chi connectivity index (χ1v) is 6.88. The molecule has 0 fully saturated rings. The number of benzene rings is 1. The summed E-state index contributed by atoms with van der Waals surface area (Å²) in [7, 11) is 1.75.